The lowest BCUT2D eigenvalue weighted by Gasteiger charge is -2.18. The summed E-state index contributed by atoms with van der Waals surface area (Å²) in [5.74, 6) is 1.75. The number of hydrogen-bond donors (Lipinski definition) is 1. The second kappa shape index (κ2) is 2.99. The predicted molar refractivity (Wildman–Crippen MR) is 55.3 cm³/mol. The molecule has 1 saturated carbocycles. The van der Waals surface area contributed by atoms with Crippen molar-refractivity contribution in [1.29, 1.82) is 0 Å². The van der Waals surface area contributed by atoms with Crippen molar-refractivity contribution in [2.24, 2.45) is 11.7 Å². The summed E-state index contributed by atoms with van der Waals surface area (Å²) in [7, 11) is 0. The molecule has 74 valence electrons. The molecular weight excluding hydrogens is 174 g/mol. The van der Waals surface area contributed by atoms with E-state index in [1.807, 2.05) is 12.1 Å². The zero-order valence-corrected chi connectivity index (χ0v) is 8.15. The van der Waals surface area contributed by atoms with Crippen LogP contribution in [-0.2, 0) is 6.42 Å². The summed E-state index contributed by atoms with van der Waals surface area (Å²) in [6.45, 7) is 0. The fourth-order valence-corrected chi connectivity index (χ4v) is 2.21. The van der Waals surface area contributed by atoms with Crippen molar-refractivity contribution in [2.45, 2.75) is 31.4 Å². The smallest absolute Gasteiger partial charge is 0.123 e. The van der Waals surface area contributed by atoms with Crippen LogP contribution in [0.1, 0.15) is 18.4 Å². The fraction of sp³-hybridized carbons (Fsp3) is 0.500. The SMILES string of the molecule is NC(C1CC1)C1Cc2ccccc2O1. The van der Waals surface area contributed by atoms with Gasteiger partial charge in [0.2, 0.25) is 0 Å². The standard InChI is InChI=1S/C12H15NO/c13-12(8-5-6-8)11-7-9-3-1-2-4-10(9)14-11/h1-4,8,11-12H,5-7,13H2. The van der Waals surface area contributed by atoms with Crippen LogP contribution in [0.15, 0.2) is 24.3 Å². The highest BCUT2D eigenvalue weighted by Crippen LogP contribution is 2.37. The van der Waals surface area contributed by atoms with Gasteiger partial charge in [-0.3, -0.25) is 0 Å². The quantitative estimate of drug-likeness (QED) is 0.769. The average Bonchev–Trinajstić information content (AvgIpc) is 2.95. The molecule has 0 aromatic heterocycles. The van der Waals surface area contributed by atoms with Crippen LogP contribution in [0.2, 0.25) is 0 Å². The fourth-order valence-electron chi connectivity index (χ4n) is 2.21. The van der Waals surface area contributed by atoms with Crippen molar-refractivity contribution in [1.82, 2.24) is 0 Å². The molecule has 0 spiro atoms. The molecule has 1 aliphatic carbocycles. The molecule has 3 rings (SSSR count). The Morgan fingerprint density at radius 2 is 2.07 bits per heavy atom. The normalized spacial score (nSPS) is 26.8. The van der Waals surface area contributed by atoms with E-state index in [0.717, 1.165) is 12.2 Å². The molecule has 1 aromatic rings. The maximum atomic E-state index is 6.14. The zero-order chi connectivity index (χ0) is 9.54. The van der Waals surface area contributed by atoms with Crippen molar-refractivity contribution >= 4 is 0 Å². The van der Waals surface area contributed by atoms with E-state index in [4.69, 9.17) is 10.5 Å². The average molecular weight is 189 g/mol. The molecule has 14 heavy (non-hydrogen) atoms. The molecule has 2 N–H and O–H groups in total. The van der Waals surface area contributed by atoms with Gasteiger partial charge >= 0.3 is 0 Å². The highest BCUT2D eigenvalue weighted by molar-refractivity contribution is 5.37. The van der Waals surface area contributed by atoms with Crippen molar-refractivity contribution in [2.75, 3.05) is 0 Å². The maximum Gasteiger partial charge on any atom is 0.123 e. The Balaban J connectivity index is 1.77. The second-order valence-corrected chi connectivity index (χ2v) is 4.38. The first-order valence-electron chi connectivity index (χ1n) is 5.35. The Labute approximate surface area is 84.1 Å². The Hall–Kier alpha value is -1.02. The third-order valence-electron chi connectivity index (χ3n) is 3.27. The first kappa shape index (κ1) is 8.30. The van der Waals surface area contributed by atoms with Crippen LogP contribution in [0, 0.1) is 5.92 Å². The topological polar surface area (TPSA) is 35.2 Å². The number of nitrogens with two attached hydrogens (primary N) is 1. The molecule has 2 atom stereocenters. The van der Waals surface area contributed by atoms with Gasteiger partial charge in [-0.15, -0.1) is 0 Å². The molecule has 2 aliphatic rings. The molecule has 1 heterocycles. The lowest BCUT2D eigenvalue weighted by Crippen LogP contribution is -2.39. The van der Waals surface area contributed by atoms with Gasteiger partial charge < -0.3 is 10.5 Å². The van der Waals surface area contributed by atoms with Crippen LogP contribution in [0.3, 0.4) is 0 Å². The van der Waals surface area contributed by atoms with E-state index in [-0.39, 0.29) is 12.1 Å². The molecule has 0 radical (unpaired) electrons. The molecule has 1 aromatic carbocycles. The summed E-state index contributed by atoms with van der Waals surface area (Å²) in [6, 6.07) is 8.49. The number of rotatable bonds is 2. The minimum atomic E-state index is 0.222. The zero-order valence-electron chi connectivity index (χ0n) is 8.15. The van der Waals surface area contributed by atoms with E-state index in [1.165, 1.54) is 18.4 Å². The number of benzene rings is 1. The predicted octanol–water partition coefficient (Wildman–Crippen LogP) is 1.73. The van der Waals surface area contributed by atoms with Crippen LogP contribution in [-0.4, -0.2) is 12.1 Å². The first-order chi connectivity index (χ1) is 6.84. The number of para-hydroxylation sites is 1. The minimum Gasteiger partial charge on any atom is -0.488 e. The van der Waals surface area contributed by atoms with Gasteiger partial charge in [0, 0.05) is 12.5 Å². The van der Waals surface area contributed by atoms with E-state index in [9.17, 15) is 0 Å². The number of hydrogen-bond acceptors (Lipinski definition) is 2. The molecule has 0 bridgehead atoms. The molecule has 0 saturated heterocycles. The maximum absolute atomic E-state index is 6.14. The third kappa shape index (κ3) is 1.30. The first-order valence-corrected chi connectivity index (χ1v) is 5.35. The molecule has 1 aliphatic heterocycles. The van der Waals surface area contributed by atoms with Crippen LogP contribution in [0.25, 0.3) is 0 Å². The summed E-state index contributed by atoms with van der Waals surface area (Å²) in [5.41, 5.74) is 7.45. The second-order valence-electron chi connectivity index (χ2n) is 4.38. The Morgan fingerprint density at radius 1 is 1.29 bits per heavy atom. The van der Waals surface area contributed by atoms with Gasteiger partial charge in [-0.25, -0.2) is 0 Å². The summed E-state index contributed by atoms with van der Waals surface area (Å²) in [6.07, 6.45) is 3.79. The lowest BCUT2D eigenvalue weighted by molar-refractivity contribution is 0.187. The Morgan fingerprint density at radius 3 is 2.79 bits per heavy atom. The van der Waals surface area contributed by atoms with Gasteiger partial charge in [0.1, 0.15) is 11.9 Å². The number of ether oxygens (including phenoxy) is 1. The van der Waals surface area contributed by atoms with Gasteiger partial charge in [-0.05, 0) is 30.4 Å². The molecule has 0 amide bonds. The van der Waals surface area contributed by atoms with E-state index in [2.05, 4.69) is 12.1 Å². The minimum absolute atomic E-state index is 0.222. The van der Waals surface area contributed by atoms with Crippen molar-refractivity contribution in [3.63, 3.8) is 0 Å². The Bertz CT molecular complexity index is 321. The van der Waals surface area contributed by atoms with Crippen molar-refractivity contribution in [3.8, 4) is 5.75 Å². The van der Waals surface area contributed by atoms with Crippen LogP contribution in [0.5, 0.6) is 5.75 Å². The van der Waals surface area contributed by atoms with E-state index < -0.39 is 0 Å². The van der Waals surface area contributed by atoms with Crippen LogP contribution < -0.4 is 10.5 Å². The van der Waals surface area contributed by atoms with E-state index in [0.29, 0.717) is 5.92 Å². The van der Waals surface area contributed by atoms with Gasteiger partial charge in [0.05, 0.1) is 0 Å². The summed E-state index contributed by atoms with van der Waals surface area (Å²) >= 11 is 0. The molecule has 1 fully saturated rings. The Kier molecular flexibility index (Phi) is 1.77. The monoisotopic (exact) mass is 189 g/mol. The van der Waals surface area contributed by atoms with Crippen molar-refractivity contribution < 1.29 is 4.74 Å². The van der Waals surface area contributed by atoms with Gasteiger partial charge in [-0.1, -0.05) is 18.2 Å². The van der Waals surface area contributed by atoms with E-state index >= 15 is 0 Å². The summed E-state index contributed by atoms with van der Waals surface area (Å²) < 4.78 is 5.85. The number of fused-ring (bicyclic) bond motifs is 1. The van der Waals surface area contributed by atoms with Gasteiger partial charge in [-0.2, -0.15) is 0 Å². The largest absolute Gasteiger partial charge is 0.488 e. The summed E-state index contributed by atoms with van der Waals surface area (Å²) in [5, 5.41) is 0. The van der Waals surface area contributed by atoms with Gasteiger partial charge in [0.25, 0.3) is 0 Å². The molecule has 2 heteroatoms. The van der Waals surface area contributed by atoms with Crippen LogP contribution >= 0.6 is 0 Å². The summed E-state index contributed by atoms with van der Waals surface area (Å²) in [4.78, 5) is 0. The van der Waals surface area contributed by atoms with Crippen molar-refractivity contribution in [3.05, 3.63) is 29.8 Å². The molecular formula is C12H15NO. The highest BCUT2D eigenvalue weighted by Gasteiger charge is 2.37. The van der Waals surface area contributed by atoms with Crippen LogP contribution in [0.4, 0.5) is 0 Å². The highest BCUT2D eigenvalue weighted by atomic mass is 16.5. The molecule has 2 nitrogen and oxygen atoms in total. The molecule has 2 unspecified atom stereocenters. The van der Waals surface area contributed by atoms with Gasteiger partial charge in [0.15, 0.2) is 0 Å². The third-order valence-corrected chi connectivity index (χ3v) is 3.27. The van der Waals surface area contributed by atoms with E-state index in [1.54, 1.807) is 0 Å². The lowest BCUT2D eigenvalue weighted by atomic mass is 10.0.